The van der Waals surface area contributed by atoms with Crippen LogP contribution in [0.1, 0.15) is 37.3 Å². The summed E-state index contributed by atoms with van der Waals surface area (Å²) in [5.74, 6) is 0.846. The van der Waals surface area contributed by atoms with Crippen molar-refractivity contribution < 1.29 is 27.4 Å². The van der Waals surface area contributed by atoms with Crippen LogP contribution >= 0.6 is 24.0 Å². The summed E-state index contributed by atoms with van der Waals surface area (Å²) < 4.78 is 52.5. The summed E-state index contributed by atoms with van der Waals surface area (Å²) in [6, 6.07) is 7.33. The van der Waals surface area contributed by atoms with Crippen LogP contribution < -0.4 is 5.32 Å². The first-order valence-electron chi connectivity index (χ1n) is 10.8. The monoisotopic (exact) mass is 573 g/mol. The van der Waals surface area contributed by atoms with Gasteiger partial charge in [0.05, 0.1) is 19.3 Å². The number of ether oxygens (including phenoxy) is 3. The number of aliphatic imine (C=N–C) groups is 1. The van der Waals surface area contributed by atoms with E-state index in [1.807, 2.05) is 25.1 Å². The molecule has 1 saturated heterocycles. The molecule has 1 aliphatic heterocycles. The molecule has 0 unspecified atom stereocenters. The van der Waals surface area contributed by atoms with Gasteiger partial charge >= 0.3 is 6.18 Å². The predicted molar refractivity (Wildman–Crippen MR) is 129 cm³/mol. The number of alkyl halides is 3. The third-order valence-corrected chi connectivity index (χ3v) is 4.86. The van der Waals surface area contributed by atoms with Crippen LogP contribution in [0.3, 0.4) is 0 Å². The molecule has 0 aromatic heterocycles. The molecule has 6 nitrogen and oxygen atoms in total. The van der Waals surface area contributed by atoms with Gasteiger partial charge in [-0.1, -0.05) is 24.3 Å². The van der Waals surface area contributed by atoms with Crippen LogP contribution in [0.4, 0.5) is 13.2 Å². The first-order chi connectivity index (χ1) is 14.9. The van der Waals surface area contributed by atoms with E-state index < -0.39 is 12.8 Å². The zero-order chi connectivity index (χ0) is 22.5. The van der Waals surface area contributed by atoms with Gasteiger partial charge in [-0.15, -0.1) is 24.0 Å². The van der Waals surface area contributed by atoms with Gasteiger partial charge in [-0.2, -0.15) is 13.2 Å². The molecular weight excluding hydrogens is 538 g/mol. The first-order valence-corrected chi connectivity index (χ1v) is 10.8. The molecule has 1 fully saturated rings. The fraction of sp³-hybridized carbons (Fsp3) is 0.682. The molecule has 0 spiro atoms. The van der Waals surface area contributed by atoms with E-state index in [2.05, 4.69) is 10.2 Å². The van der Waals surface area contributed by atoms with E-state index in [1.54, 1.807) is 13.2 Å². The lowest BCUT2D eigenvalue weighted by atomic mass is 10.1. The Bertz CT molecular complexity index is 669. The predicted octanol–water partition coefficient (Wildman–Crippen LogP) is 4.37. The van der Waals surface area contributed by atoms with Crippen molar-refractivity contribution in [3.05, 3.63) is 35.4 Å². The number of hydrogen-bond acceptors (Lipinski definition) is 4. The molecule has 1 aromatic carbocycles. The summed E-state index contributed by atoms with van der Waals surface area (Å²) >= 11 is 0. The molecule has 1 heterocycles. The quantitative estimate of drug-likeness (QED) is 0.185. The Balaban J connectivity index is 0.00000512. The summed E-state index contributed by atoms with van der Waals surface area (Å²) in [6.07, 6.45) is -1.25. The van der Waals surface area contributed by atoms with Gasteiger partial charge in [0.2, 0.25) is 0 Å². The van der Waals surface area contributed by atoms with Crippen LogP contribution in [0.5, 0.6) is 0 Å². The van der Waals surface area contributed by atoms with E-state index >= 15 is 0 Å². The Labute approximate surface area is 205 Å². The number of hydrogen-bond donors (Lipinski definition) is 1. The Morgan fingerprint density at radius 3 is 2.56 bits per heavy atom. The van der Waals surface area contributed by atoms with Crippen molar-refractivity contribution >= 4 is 29.9 Å². The highest BCUT2D eigenvalue weighted by atomic mass is 127. The number of nitrogens with one attached hydrogen (secondary N) is 1. The van der Waals surface area contributed by atoms with Crippen LogP contribution in [0.25, 0.3) is 0 Å². The van der Waals surface area contributed by atoms with E-state index in [0.717, 1.165) is 57.0 Å². The van der Waals surface area contributed by atoms with Gasteiger partial charge in [0.25, 0.3) is 0 Å². The number of guanidine groups is 1. The molecule has 1 N–H and O–H groups in total. The lowest BCUT2D eigenvalue weighted by Crippen LogP contribution is -2.47. The van der Waals surface area contributed by atoms with E-state index in [0.29, 0.717) is 18.7 Å². The molecule has 1 aromatic rings. The maximum atomic E-state index is 12.2. The average molecular weight is 573 g/mol. The number of methoxy groups -OCH3 is 1. The normalized spacial score (nSPS) is 15.5. The van der Waals surface area contributed by atoms with Crippen molar-refractivity contribution in [2.75, 3.05) is 46.6 Å². The van der Waals surface area contributed by atoms with Crippen LogP contribution in [0.2, 0.25) is 0 Å². The van der Waals surface area contributed by atoms with Gasteiger partial charge in [-0.3, -0.25) is 0 Å². The van der Waals surface area contributed by atoms with E-state index in [9.17, 15) is 13.2 Å². The second-order valence-electron chi connectivity index (χ2n) is 7.50. The molecule has 2 rings (SSSR count). The molecule has 0 bridgehead atoms. The van der Waals surface area contributed by atoms with Crippen molar-refractivity contribution in [2.45, 2.75) is 51.6 Å². The number of piperidine rings is 1. The van der Waals surface area contributed by atoms with E-state index in [1.165, 1.54) is 0 Å². The third-order valence-electron chi connectivity index (χ3n) is 4.86. The molecule has 1 aliphatic rings. The molecule has 0 atom stereocenters. The van der Waals surface area contributed by atoms with Crippen molar-refractivity contribution in [3.8, 4) is 0 Å². The van der Waals surface area contributed by atoms with E-state index in [4.69, 9.17) is 19.2 Å². The Morgan fingerprint density at radius 2 is 1.91 bits per heavy atom. The van der Waals surface area contributed by atoms with Crippen molar-refractivity contribution in [1.29, 1.82) is 0 Å². The molecule has 0 amide bonds. The van der Waals surface area contributed by atoms with Gasteiger partial charge in [0.15, 0.2) is 5.96 Å². The Kier molecular flexibility index (Phi) is 14.2. The third kappa shape index (κ3) is 11.7. The molecule has 10 heteroatoms. The maximum absolute atomic E-state index is 12.2. The molecule has 0 aliphatic carbocycles. The smallest absolute Gasteiger partial charge is 0.385 e. The molecule has 0 radical (unpaired) electrons. The van der Waals surface area contributed by atoms with E-state index in [-0.39, 0.29) is 36.7 Å². The Morgan fingerprint density at radius 1 is 1.19 bits per heavy atom. The number of halogens is 4. The minimum atomic E-state index is -4.31. The number of nitrogens with zero attached hydrogens (tertiary/aromatic N) is 2. The standard InChI is InChI=1S/C22H34F3N3O3.HI/c1-3-26-21(28-10-8-20(9-11-28)31-13-5-12-29-2)27-15-18-6-4-7-19(14-18)16-30-17-22(23,24)25;/h4,6-7,14,20H,3,5,8-13,15-17H2,1-2H3,(H,26,27);1H. The fourth-order valence-corrected chi connectivity index (χ4v) is 3.38. The average Bonchev–Trinajstić information content (AvgIpc) is 2.74. The summed E-state index contributed by atoms with van der Waals surface area (Å²) in [5, 5.41) is 3.33. The lowest BCUT2D eigenvalue weighted by molar-refractivity contribution is -0.176. The lowest BCUT2D eigenvalue weighted by Gasteiger charge is -2.34. The largest absolute Gasteiger partial charge is 0.411 e. The van der Waals surface area contributed by atoms with Crippen LogP contribution in [-0.4, -0.2) is 69.7 Å². The summed E-state index contributed by atoms with van der Waals surface area (Å²) in [6.45, 7) is 5.08. The van der Waals surface area contributed by atoms with Crippen LogP contribution in [-0.2, 0) is 27.4 Å². The zero-order valence-corrected chi connectivity index (χ0v) is 21.2. The first kappa shape index (κ1) is 28.9. The van der Waals surface area contributed by atoms with Crippen LogP contribution in [0.15, 0.2) is 29.3 Å². The maximum Gasteiger partial charge on any atom is 0.411 e. The van der Waals surface area contributed by atoms with Gasteiger partial charge in [-0.05, 0) is 37.3 Å². The number of benzene rings is 1. The van der Waals surface area contributed by atoms with Gasteiger partial charge in [0, 0.05) is 40.0 Å². The summed E-state index contributed by atoms with van der Waals surface area (Å²) in [5.41, 5.74) is 1.63. The SMILES string of the molecule is CCNC(=NCc1cccc(COCC(F)(F)F)c1)N1CCC(OCCCOC)CC1.I. The minimum Gasteiger partial charge on any atom is -0.385 e. The van der Waals surface area contributed by atoms with Crippen molar-refractivity contribution in [3.63, 3.8) is 0 Å². The highest BCUT2D eigenvalue weighted by Gasteiger charge is 2.27. The summed E-state index contributed by atoms with van der Waals surface area (Å²) in [4.78, 5) is 6.96. The molecule has 184 valence electrons. The van der Waals surface area contributed by atoms with Gasteiger partial charge < -0.3 is 24.4 Å². The number of rotatable bonds is 11. The fourth-order valence-electron chi connectivity index (χ4n) is 3.38. The summed E-state index contributed by atoms with van der Waals surface area (Å²) in [7, 11) is 1.69. The van der Waals surface area contributed by atoms with Crippen LogP contribution in [0, 0.1) is 0 Å². The number of likely N-dealkylation sites (tertiary alicyclic amines) is 1. The minimum absolute atomic E-state index is 0. The zero-order valence-electron chi connectivity index (χ0n) is 18.8. The van der Waals surface area contributed by atoms with Gasteiger partial charge in [0.1, 0.15) is 6.61 Å². The van der Waals surface area contributed by atoms with Crippen molar-refractivity contribution in [2.24, 2.45) is 4.99 Å². The topological polar surface area (TPSA) is 55.3 Å². The highest BCUT2D eigenvalue weighted by Crippen LogP contribution is 2.17. The Hall–Kier alpha value is -1.11. The van der Waals surface area contributed by atoms with Crippen molar-refractivity contribution in [1.82, 2.24) is 10.2 Å². The molecule has 32 heavy (non-hydrogen) atoms. The second kappa shape index (κ2) is 15.7. The molecular formula is C22H35F3IN3O3. The highest BCUT2D eigenvalue weighted by molar-refractivity contribution is 14.0. The van der Waals surface area contributed by atoms with Gasteiger partial charge in [-0.25, -0.2) is 4.99 Å². The molecule has 0 saturated carbocycles. The second-order valence-corrected chi connectivity index (χ2v) is 7.50.